The first-order valence-corrected chi connectivity index (χ1v) is 10.4. The van der Waals surface area contributed by atoms with Gasteiger partial charge in [-0.25, -0.2) is 17.9 Å². The Morgan fingerprint density at radius 2 is 1.96 bits per heavy atom. The molecule has 0 radical (unpaired) electrons. The zero-order valence-electron chi connectivity index (χ0n) is 15.4. The Labute approximate surface area is 162 Å². The number of esters is 1. The normalized spacial score (nSPS) is 14.1. The Morgan fingerprint density at radius 1 is 1.18 bits per heavy atom. The van der Waals surface area contributed by atoms with E-state index in [4.69, 9.17) is 9.47 Å². The van der Waals surface area contributed by atoms with Crippen LogP contribution >= 0.6 is 0 Å². The van der Waals surface area contributed by atoms with Gasteiger partial charge in [0, 0.05) is 17.2 Å². The van der Waals surface area contributed by atoms with Gasteiger partial charge in [0.15, 0.2) is 15.5 Å². The molecule has 0 saturated heterocycles. The predicted molar refractivity (Wildman–Crippen MR) is 102 cm³/mol. The van der Waals surface area contributed by atoms with Crippen LogP contribution in [0.25, 0.3) is 16.9 Å². The summed E-state index contributed by atoms with van der Waals surface area (Å²) in [6, 6.07) is 13.9. The molecule has 0 aliphatic carbocycles. The zero-order chi connectivity index (χ0) is 19.9. The highest BCUT2D eigenvalue weighted by molar-refractivity contribution is 7.90. The standard InChI is InChI=1S/C20H18N2O5S/c1-3-27-20(23)18-16-12-28(24,25)17-10-5-4-9-15(17)19(16)22(21-18)13-7-6-8-14(11-13)26-2/h4-11H,3,12H2,1-2H3. The second-order valence-corrected chi connectivity index (χ2v) is 8.22. The van der Waals surface area contributed by atoms with Gasteiger partial charge >= 0.3 is 5.97 Å². The van der Waals surface area contributed by atoms with Gasteiger partial charge in [-0.15, -0.1) is 0 Å². The fourth-order valence-electron chi connectivity index (χ4n) is 3.36. The summed E-state index contributed by atoms with van der Waals surface area (Å²) >= 11 is 0. The van der Waals surface area contributed by atoms with E-state index >= 15 is 0 Å². The number of fused-ring (bicyclic) bond motifs is 3. The molecule has 0 saturated carbocycles. The summed E-state index contributed by atoms with van der Waals surface area (Å²) in [4.78, 5) is 12.7. The summed E-state index contributed by atoms with van der Waals surface area (Å²) in [7, 11) is -2.03. The van der Waals surface area contributed by atoms with Crippen molar-refractivity contribution in [1.29, 1.82) is 0 Å². The minimum Gasteiger partial charge on any atom is -0.497 e. The number of hydrogen-bond acceptors (Lipinski definition) is 6. The maximum Gasteiger partial charge on any atom is 0.359 e. The average molecular weight is 398 g/mol. The van der Waals surface area contributed by atoms with Crippen molar-refractivity contribution in [1.82, 2.24) is 9.78 Å². The molecule has 0 N–H and O–H groups in total. The van der Waals surface area contributed by atoms with E-state index in [1.807, 2.05) is 6.07 Å². The molecule has 0 amide bonds. The number of ether oxygens (including phenoxy) is 2. The fraction of sp³-hybridized carbons (Fsp3) is 0.200. The molecule has 0 spiro atoms. The van der Waals surface area contributed by atoms with E-state index in [9.17, 15) is 13.2 Å². The van der Waals surface area contributed by atoms with E-state index < -0.39 is 15.8 Å². The molecule has 4 rings (SSSR count). The van der Waals surface area contributed by atoms with E-state index in [0.717, 1.165) is 0 Å². The highest BCUT2D eigenvalue weighted by atomic mass is 32.2. The molecular weight excluding hydrogens is 380 g/mol. The zero-order valence-corrected chi connectivity index (χ0v) is 16.2. The molecule has 0 atom stereocenters. The molecule has 3 aromatic rings. The average Bonchev–Trinajstić information content (AvgIpc) is 3.07. The Hall–Kier alpha value is -3.13. The first-order chi connectivity index (χ1) is 13.5. The summed E-state index contributed by atoms with van der Waals surface area (Å²) < 4.78 is 37.6. The molecule has 7 nitrogen and oxygen atoms in total. The van der Waals surface area contributed by atoms with E-state index in [0.29, 0.717) is 28.3 Å². The molecule has 28 heavy (non-hydrogen) atoms. The monoisotopic (exact) mass is 398 g/mol. The van der Waals surface area contributed by atoms with E-state index in [1.54, 1.807) is 61.2 Å². The number of carbonyl (C=O) groups excluding carboxylic acids is 1. The van der Waals surface area contributed by atoms with Gasteiger partial charge in [-0.1, -0.05) is 24.3 Å². The number of aromatic nitrogens is 2. The SMILES string of the molecule is CCOC(=O)c1nn(-c2cccc(OC)c2)c2c1CS(=O)(=O)c1ccccc1-2. The molecule has 1 aliphatic heterocycles. The molecule has 1 aromatic heterocycles. The Morgan fingerprint density at radius 3 is 2.71 bits per heavy atom. The van der Waals surface area contributed by atoms with Crippen molar-refractivity contribution in [2.24, 2.45) is 0 Å². The predicted octanol–water partition coefficient (Wildman–Crippen LogP) is 3.01. The number of methoxy groups -OCH3 is 1. The van der Waals surface area contributed by atoms with Crippen LogP contribution in [0.5, 0.6) is 5.75 Å². The number of hydrogen-bond donors (Lipinski definition) is 0. The minimum atomic E-state index is -3.59. The number of rotatable bonds is 4. The third-order valence-electron chi connectivity index (χ3n) is 4.56. The van der Waals surface area contributed by atoms with Crippen LogP contribution in [0, 0.1) is 0 Å². The van der Waals surface area contributed by atoms with Gasteiger partial charge in [-0.05, 0) is 25.1 Å². The summed E-state index contributed by atoms with van der Waals surface area (Å²) in [5.74, 6) is -0.330. The number of carbonyl (C=O) groups is 1. The van der Waals surface area contributed by atoms with E-state index in [1.165, 1.54) is 0 Å². The van der Waals surface area contributed by atoms with Gasteiger partial charge in [0.05, 0.1) is 35.7 Å². The van der Waals surface area contributed by atoms with Crippen molar-refractivity contribution in [3.05, 3.63) is 59.8 Å². The highest BCUT2D eigenvalue weighted by Gasteiger charge is 2.36. The second kappa shape index (κ2) is 6.79. The smallest absolute Gasteiger partial charge is 0.359 e. The van der Waals surface area contributed by atoms with Crippen molar-refractivity contribution >= 4 is 15.8 Å². The lowest BCUT2D eigenvalue weighted by atomic mass is 10.1. The van der Waals surface area contributed by atoms with Gasteiger partial charge in [0.1, 0.15) is 5.75 Å². The fourth-order valence-corrected chi connectivity index (χ4v) is 4.95. The van der Waals surface area contributed by atoms with Crippen LogP contribution in [-0.2, 0) is 20.3 Å². The van der Waals surface area contributed by atoms with Gasteiger partial charge in [-0.2, -0.15) is 5.10 Å². The molecular formula is C20H18N2O5S. The van der Waals surface area contributed by atoms with Crippen molar-refractivity contribution in [3.8, 4) is 22.7 Å². The van der Waals surface area contributed by atoms with Gasteiger partial charge in [0.2, 0.25) is 0 Å². The van der Waals surface area contributed by atoms with Crippen LogP contribution < -0.4 is 4.74 Å². The van der Waals surface area contributed by atoms with Crippen LogP contribution in [0.2, 0.25) is 0 Å². The number of benzene rings is 2. The molecule has 8 heteroatoms. The topological polar surface area (TPSA) is 87.5 Å². The summed E-state index contributed by atoms with van der Waals surface area (Å²) in [6.07, 6.45) is 0. The van der Waals surface area contributed by atoms with Gasteiger partial charge in [0.25, 0.3) is 0 Å². The number of sulfone groups is 1. The van der Waals surface area contributed by atoms with Crippen LogP contribution in [-0.4, -0.2) is 37.9 Å². The van der Waals surface area contributed by atoms with Crippen LogP contribution in [0.4, 0.5) is 0 Å². The Bertz CT molecular complexity index is 1180. The second-order valence-electron chi connectivity index (χ2n) is 6.26. The van der Waals surface area contributed by atoms with Crippen molar-refractivity contribution in [3.63, 3.8) is 0 Å². The lowest BCUT2D eigenvalue weighted by Crippen LogP contribution is -2.16. The highest BCUT2D eigenvalue weighted by Crippen LogP contribution is 2.40. The molecule has 0 fully saturated rings. The Kier molecular flexibility index (Phi) is 4.43. The quantitative estimate of drug-likeness (QED) is 0.628. The summed E-state index contributed by atoms with van der Waals surface area (Å²) in [5.41, 5.74) is 2.09. The minimum absolute atomic E-state index is 0.0118. The van der Waals surface area contributed by atoms with Crippen molar-refractivity contribution in [2.75, 3.05) is 13.7 Å². The van der Waals surface area contributed by atoms with Gasteiger partial charge in [-0.3, -0.25) is 0 Å². The summed E-state index contributed by atoms with van der Waals surface area (Å²) in [6.45, 7) is 1.86. The molecule has 0 unspecified atom stereocenters. The lowest BCUT2D eigenvalue weighted by molar-refractivity contribution is 0.0518. The Balaban J connectivity index is 2.04. The van der Waals surface area contributed by atoms with Gasteiger partial charge < -0.3 is 9.47 Å². The number of nitrogens with zero attached hydrogens (tertiary/aromatic N) is 2. The molecule has 1 aliphatic rings. The maximum absolute atomic E-state index is 12.8. The molecule has 2 aromatic carbocycles. The largest absolute Gasteiger partial charge is 0.497 e. The molecule has 144 valence electrons. The lowest BCUT2D eigenvalue weighted by Gasteiger charge is -2.19. The van der Waals surface area contributed by atoms with Crippen molar-refractivity contribution < 1.29 is 22.7 Å². The van der Waals surface area contributed by atoms with Crippen molar-refractivity contribution in [2.45, 2.75) is 17.6 Å². The summed E-state index contributed by atoms with van der Waals surface area (Å²) in [5, 5.41) is 4.44. The van der Waals surface area contributed by atoms with Crippen LogP contribution in [0.1, 0.15) is 23.0 Å². The van der Waals surface area contributed by atoms with Crippen LogP contribution in [0.15, 0.2) is 53.4 Å². The first-order valence-electron chi connectivity index (χ1n) is 8.72. The van der Waals surface area contributed by atoms with Crippen LogP contribution in [0.3, 0.4) is 0 Å². The molecule has 2 heterocycles. The first kappa shape index (κ1) is 18.2. The maximum atomic E-state index is 12.8. The molecule has 0 bridgehead atoms. The third kappa shape index (κ3) is 2.86. The third-order valence-corrected chi connectivity index (χ3v) is 6.26. The van der Waals surface area contributed by atoms with E-state index in [2.05, 4.69) is 5.10 Å². The van der Waals surface area contributed by atoms with E-state index in [-0.39, 0.29) is 22.9 Å².